The molecule has 0 heterocycles. The summed E-state index contributed by atoms with van der Waals surface area (Å²) in [5.74, 6) is 0.698. The van der Waals surface area contributed by atoms with Gasteiger partial charge >= 0.3 is 7.32 Å². The minimum Gasteiger partial charge on any atom is -0.516 e. The molecule has 0 saturated carbocycles. The van der Waals surface area contributed by atoms with Crippen LogP contribution in [0.15, 0.2) is 11.8 Å². The van der Waals surface area contributed by atoms with Crippen molar-refractivity contribution in [3.8, 4) is 0 Å². The fourth-order valence-corrected chi connectivity index (χ4v) is 1.30. The van der Waals surface area contributed by atoms with E-state index in [9.17, 15) is 0 Å². The second-order valence-corrected chi connectivity index (χ2v) is 3.98. The van der Waals surface area contributed by atoms with E-state index < -0.39 is 7.32 Å². The molecule has 0 spiro atoms. The molecule has 0 aromatic heterocycles. The van der Waals surface area contributed by atoms with Crippen LogP contribution in [0.4, 0.5) is 0 Å². The van der Waals surface area contributed by atoms with Crippen LogP contribution in [0, 0.1) is 5.41 Å². The van der Waals surface area contributed by atoms with Crippen molar-refractivity contribution in [2.75, 3.05) is 0 Å². The standard InChI is InChI=1S/C8H15BO3/c1-8(2)5-3-7(4-6-8)12-9(10)11/h3,10-11H,4-6H2,1-2H3. The zero-order valence-electron chi connectivity index (χ0n) is 7.58. The van der Waals surface area contributed by atoms with Crippen LogP contribution in [0.25, 0.3) is 0 Å². The van der Waals surface area contributed by atoms with Crippen LogP contribution >= 0.6 is 0 Å². The van der Waals surface area contributed by atoms with Gasteiger partial charge in [-0.2, -0.15) is 0 Å². The van der Waals surface area contributed by atoms with E-state index in [1.54, 1.807) is 0 Å². The first kappa shape index (κ1) is 9.61. The second-order valence-electron chi connectivity index (χ2n) is 3.98. The van der Waals surface area contributed by atoms with E-state index in [0.29, 0.717) is 11.2 Å². The van der Waals surface area contributed by atoms with Gasteiger partial charge in [-0.05, 0) is 24.3 Å². The van der Waals surface area contributed by atoms with Crippen molar-refractivity contribution in [1.82, 2.24) is 0 Å². The minimum absolute atomic E-state index is 0.327. The van der Waals surface area contributed by atoms with Gasteiger partial charge in [0.25, 0.3) is 0 Å². The van der Waals surface area contributed by atoms with Crippen LogP contribution in [0.2, 0.25) is 0 Å². The lowest BCUT2D eigenvalue weighted by Crippen LogP contribution is -2.21. The highest BCUT2D eigenvalue weighted by Crippen LogP contribution is 2.34. The van der Waals surface area contributed by atoms with Gasteiger partial charge in [-0.3, -0.25) is 0 Å². The van der Waals surface area contributed by atoms with Crippen molar-refractivity contribution in [3.63, 3.8) is 0 Å². The predicted octanol–water partition coefficient (Wildman–Crippen LogP) is 1.07. The van der Waals surface area contributed by atoms with Crippen LogP contribution in [0.5, 0.6) is 0 Å². The summed E-state index contributed by atoms with van der Waals surface area (Å²) in [5.41, 5.74) is 0.327. The average Bonchev–Trinajstić information content (AvgIpc) is 1.93. The summed E-state index contributed by atoms with van der Waals surface area (Å²) >= 11 is 0. The lowest BCUT2D eigenvalue weighted by atomic mass is 9.80. The molecule has 0 amide bonds. The smallest absolute Gasteiger partial charge is 0.516 e. The van der Waals surface area contributed by atoms with Gasteiger partial charge in [0, 0.05) is 6.42 Å². The molecule has 4 heteroatoms. The zero-order chi connectivity index (χ0) is 9.19. The van der Waals surface area contributed by atoms with E-state index >= 15 is 0 Å². The zero-order valence-corrected chi connectivity index (χ0v) is 7.58. The van der Waals surface area contributed by atoms with E-state index in [-0.39, 0.29) is 0 Å². The van der Waals surface area contributed by atoms with Crippen LogP contribution < -0.4 is 0 Å². The van der Waals surface area contributed by atoms with Crippen molar-refractivity contribution in [2.24, 2.45) is 5.41 Å². The van der Waals surface area contributed by atoms with E-state index in [4.69, 9.17) is 14.7 Å². The van der Waals surface area contributed by atoms with Crippen molar-refractivity contribution >= 4 is 7.32 Å². The van der Waals surface area contributed by atoms with E-state index in [1.165, 1.54) is 0 Å². The number of rotatable bonds is 2. The third kappa shape index (κ3) is 2.87. The average molecular weight is 170 g/mol. The molecule has 0 fully saturated rings. The summed E-state index contributed by atoms with van der Waals surface area (Å²) in [7, 11) is -1.67. The Kier molecular flexibility index (Phi) is 2.80. The summed E-state index contributed by atoms with van der Waals surface area (Å²) in [5, 5.41) is 17.1. The predicted molar refractivity (Wildman–Crippen MR) is 47.0 cm³/mol. The Morgan fingerprint density at radius 1 is 1.50 bits per heavy atom. The van der Waals surface area contributed by atoms with Gasteiger partial charge in [0.2, 0.25) is 0 Å². The molecule has 2 N–H and O–H groups in total. The molecule has 0 bridgehead atoms. The van der Waals surface area contributed by atoms with Crippen LogP contribution in [-0.2, 0) is 4.65 Å². The summed E-state index contributed by atoms with van der Waals surface area (Å²) in [6.45, 7) is 4.38. The largest absolute Gasteiger partial charge is 0.707 e. The van der Waals surface area contributed by atoms with Crippen molar-refractivity contribution in [2.45, 2.75) is 33.1 Å². The molecular weight excluding hydrogens is 155 g/mol. The number of hydrogen-bond acceptors (Lipinski definition) is 3. The summed E-state index contributed by atoms with van der Waals surface area (Å²) < 4.78 is 4.76. The molecule has 1 rings (SSSR count). The molecule has 0 aromatic rings. The quantitative estimate of drug-likeness (QED) is 0.609. The molecule has 0 aromatic carbocycles. The van der Waals surface area contributed by atoms with Crippen molar-refractivity contribution < 1.29 is 14.7 Å². The van der Waals surface area contributed by atoms with Crippen LogP contribution in [0.3, 0.4) is 0 Å². The fraction of sp³-hybridized carbons (Fsp3) is 0.750. The highest BCUT2D eigenvalue weighted by atomic mass is 16.6. The van der Waals surface area contributed by atoms with Gasteiger partial charge in [0.05, 0.1) is 5.76 Å². The Morgan fingerprint density at radius 2 is 2.17 bits per heavy atom. The first-order valence-electron chi connectivity index (χ1n) is 4.21. The Bertz CT molecular complexity index is 187. The molecule has 3 nitrogen and oxygen atoms in total. The van der Waals surface area contributed by atoms with Crippen molar-refractivity contribution in [3.05, 3.63) is 11.8 Å². The Morgan fingerprint density at radius 3 is 2.58 bits per heavy atom. The monoisotopic (exact) mass is 170 g/mol. The highest BCUT2D eigenvalue weighted by Gasteiger charge is 2.24. The molecule has 68 valence electrons. The van der Waals surface area contributed by atoms with E-state index in [0.717, 1.165) is 19.3 Å². The first-order chi connectivity index (χ1) is 5.49. The maximum absolute atomic E-state index is 8.53. The molecule has 0 saturated heterocycles. The van der Waals surface area contributed by atoms with Crippen molar-refractivity contribution in [1.29, 1.82) is 0 Å². The Hall–Kier alpha value is -0.475. The normalized spacial score (nSPS) is 21.5. The molecule has 12 heavy (non-hydrogen) atoms. The van der Waals surface area contributed by atoms with Crippen LogP contribution in [0.1, 0.15) is 33.1 Å². The third-order valence-corrected chi connectivity index (χ3v) is 2.19. The molecule has 0 atom stereocenters. The Labute approximate surface area is 73.2 Å². The summed E-state index contributed by atoms with van der Waals surface area (Å²) in [6, 6.07) is 0. The highest BCUT2D eigenvalue weighted by molar-refractivity contribution is 6.33. The SMILES string of the molecule is CC1(C)CC=C(OB(O)O)CC1. The fourth-order valence-electron chi connectivity index (χ4n) is 1.30. The molecule has 1 aliphatic rings. The number of allylic oxidation sites excluding steroid dienone is 2. The number of hydrogen-bond donors (Lipinski definition) is 2. The van der Waals surface area contributed by atoms with Gasteiger partial charge in [-0.1, -0.05) is 13.8 Å². The molecule has 1 aliphatic carbocycles. The molecular formula is C8H15BO3. The Balaban J connectivity index is 2.45. The maximum atomic E-state index is 8.53. The minimum atomic E-state index is -1.67. The van der Waals surface area contributed by atoms with Gasteiger partial charge in [0.1, 0.15) is 0 Å². The lowest BCUT2D eigenvalue weighted by molar-refractivity contribution is 0.207. The van der Waals surface area contributed by atoms with Gasteiger partial charge < -0.3 is 14.7 Å². The lowest BCUT2D eigenvalue weighted by Gasteiger charge is -2.28. The summed E-state index contributed by atoms with van der Waals surface area (Å²) in [6.07, 6.45) is 4.70. The molecule has 0 unspecified atom stereocenters. The van der Waals surface area contributed by atoms with Gasteiger partial charge in [-0.15, -0.1) is 0 Å². The van der Waals surface area contributed by atoms with Gasteiger partial charge in [-0.25, -0.2) is 0 Å². The van der Waals surface area contributed by atoms with E-state index in [1.807, 2.05) is 6.08 Å². The van der Waals surface area contributed by atoms with Gasteiger partial charge in [0.15, 0.2) is 0 Å². The first-order valence-corrected chi connectivity index (χ1v) is 4.21. The molecule has 0 aliphatic heterocycles. The maximum Gasteiger partial charge on any atom is 0.707 e. The topological polar surface area (TPSA) is 49.7 Å². The van der Waals surface area contributed by atoms with E-state index in [2.05, 4.69) is 13.8 Å². The third-order valence-electron chi connectivity index (χ3n) is 2.19. The molecule has 0 radical (unpaired) electrons. The van der Waals surface area contributed by atoms with Crippen LogP contribution in [-0.4, -0.2) is 17.4 Å². The second kappa shape index (κ2) is 3.50. The summed E-state index contributed by atoms with van der Waals surface area (Å²) in [4.78, 5) is 0.